The summed E-state index contributed by atoms with van der Waals surface area (Å²) in [6.45, 7) is 1.67. The van der Waals surface area contributed by atoms with E-state index < -0.39 is 0 Å². The maximum absolute atomic E-state index is 12.3. The van der Waals surface area contributed by atoms with Crippen molar-refractivity contribution in [2.24, 2.45) is 0 Å². The number of rotatable bonds is 2. The first-order chi connectivity index (χ1) is 10.0. The van der Waals surface area contributed by atoms with Crippen LogP contribution in [0.4, 0.5) is 17.1 Å². The molecule has 1 heterocycles. The first-order valence-corrected chi connectivity index (χ1v) is 6.91. The summed E-state index contributed by atoms with van der Waals surface area (Å²) in [5.74, 6) is -0.326. The van der Waals surface area contributed by atoms with E-state index >= 15 is 0 Å². The van der Waals surface area contributed by atoms with Crippen LogP contribution in [-0.2, 0) is 13.1 Å². The Morgan fingerprint density at radius 1 is 1.14 bits per heavy atom. The summed E-state index contributed by atoms with van der Waals surface area (Å²) in [4.78, 5) is 12.3. The first kappa shape index (κ1) is 13.7. The Labute approximate surface area is 127 Å². The van der Waals surface area contributed by atoms with E-state index in [2.05, 4.69) is 10.6 Å². The zero-order valence-electron chi connectivity index (χ0n) is 11.2. The van der Waals surface area contributed by atoms with Gasteiger partial charge < -0.3 is 22.1 Å². The Morgan fingerprint density at radius 3 is 2.71 bits per heavy atom. The largest absolute Gasteiger partial charge is 0.397 e. The van der Waals surface area contributed by atoms with Gasteiger partial charge >= 0.3 is 0 Å². The van der Waals surface area contributed by atoms with Crippen LogP contribution in [0.5, 0.6) is 0 Å². The van der Waals surface area contributed by atoms with Crippen LogP contribution < -0.4 is 22.1 Å². The van der Waals surface area contributed by atoms with Gasteiger partial charge in [0.2, 0.25) is 0 Å². The molecule has 1 aliphatic heterocycles. The molecule has 2 aromatic carbocycles. The van der Waals surface area contributed by atoms with Gasteiger partial charge in [-0.05, 0) is 35.4 Å². The molecule has 5 nitrogen and oxygen atoms in total. The Kier molecular flexibility index (Phi) is 3.45. The smallest absolute Gasteiger partial charge is 0.257 e. The molecule has 0 radical (unpaired) electrons. The lowest BCUT2D eigenvalue weighted by Crippen LogP contribution is -2.15. The van der Waals surface area contributed by atoms with Gasteiger partial charge in [0, 0.05) is 23.8 Å². The number of benzene rings is 2. The molecule has 1 amide bonds. The zero-order valence-corrected chi connectivity index (χ0v) is 12.0. The van der Waals surface area contributed by atoms with Crippen LogP contribution in [-0.4, -0.2) is 5.91 Å². The molecule has 0 aromatic heterocycles. The molecule has 0 aliphatic carbocycles. The quantitative estimate of drug-likeness (QED) is 0.641. The van der Waals surface area contributed by atoms with Gasteiger partial charge in [0.25, 0.3) is 5.91 Å². The van der Waals surface area contributed by atoms with Crippen LogP contribution in [0, 0.1) is 0 Å². The molecule has 0 spiro atoms. The van der Waals surface area contributed by atoms with Gasteiger partial charge in [-0.2, -0.15) is 0 Å². The van der Waals surface area contributed by atoms with E-state index in [9.17, 15) is 4.79 Å². The van der Waals surface area contributed by atoms with Gasteiger partial charge in [-0.25, -0.2) is 0 Å². The number of halogens is 1. The average Bonchev–Trinajstić information content (AvgIpc) is 2.90. The fourth-order valence-corrected chi connectivity index (χ4v) is 2.62. The number of nitrogens with one attached hydrogen (secondary N) is 2. The fourth-order valence-electron chi connectivity index (χ4n) is 2.40. The molecular weight excluding hydrogens is 288 g/mol. The minimum Gasteiger partial charge on any atom is -0.397 e. The van der Waals surface area contributed by atoms with Crippen molar-refractivity contribution in [3.05, 3.63) is 52.0 Å². The number of hydrogen-bond acceptors (Lipinski definition) is 4. The zero-order chi connectivity index (χ0) is 15.0. The SMILES string of the molecule is Nc1cc(Cl)cc(C(=O)Nc2ccc3c(c2)CNC3)c1N. The van der Waals surface area contributed by atoms with E-state index in [0.717, 1.165) is 18.8 Å². The molecule has 2 aromatic rings. The van der Waals surface area contributed by atoms with Crippen LogP contribution in [0.15, 0.2) is 30.3 Å². The van der Waals surface area contributed by atoms with E-state index in [1.54, 1.807) is 0 Å². The molecule has 3 rings (SSSR count). The second kappa shape index (κ2) is 5.27. The number of nitrogens with two attached hydrogens (primary N) is 2. The van der Waals surface area contributed by atoms with E-state index in [1.807, 2.05) is 18.2 Å². The van der Waals surface area contributed by atoms with Gasteiger partial charge in [0.15, 0.2) is 0 Å². The van der Waals surface area contributed by atoms with Crippen molar-refractivity contribution in [2.75, 3.05) is 16.8 Å². The summed E-state index contributed by atoms with van der Waals surface area (Å²) < 4.78 is 0. The lowest BCUT2D eigenvalue weighted by Gasteiger charge is -2.11. The van der Waals surface area contributed by atoms with E-state index in [-0.39, 0.29) is 17.2 Å². The van der Waals surface area contributed by atoms with Crippen molar-refractivity contribution in [3.63, 3.8) is 0 Å². The number of carbonyl (C=O) groups is 1. The second-order valence-corrected chi connectivity index (χ2v) is 5.43. The van der Waals surface area contributed by atoms with E-state index in [1.165, 1.54) is 23.3 Å². The number of hydrogen-bond donors (Lipinski definition) is 4. The third kappa shape index (κ3) is 2.66. The maximum Gasteiger partial charge on any atom is 0.257 e. The molecule has 108 valence electrons. The van der Waals surface area contributed by atoms with Crippen molar-refractivity contribution in [3.8, 4) is 0 Å². The van der Waals surface area contributed by atoms with Crippen LogP contribution in [0.2, 0.25) is 5.02 Å². The lowest BCUT2D eigenvalue weighted by molar-refractivity contribution is 0.102. The average molecular weight is 303 g/mol. The summed E-state index contributed by atoms with van der Waals surface area (Å²) >= 11 is 5.92. The molecule has 0 fully saturated rings. The standard InChI is InChI=1S/C15H15ClN4O/c16-10-4-12(14(18)13(17)5-10)15(21)20-11-2-1-8-6-19-7-9(8)3-11/h1-5,19H,6-7,17-18H2,(H,20,21). The monoisotopic (exact) mass is 302 g/mol. The predicted molar refractivity (Wildman–Crippen MR) is 85.2 cm³/mol. The summed E-state index contributed by atoms with van der Waals surface area (Å²) in [5.41, 5.74) is 15.5. The van der Waals surface area contributed by atoms with Crippen LogP contribution in [0.25, 0.3) is 0 Å². The Bertz CT molecular complexity index is 730. The minimum atomic E-state index is -0.326. The molecule has 0 bridgehead atoms. The van der Waals surface area contributed by atoms with Crippen LogP contribution in [0.1, 0.15) is 21.5 Å². The van der Waals surface area contributed by atoms with Gasteiger partial charge in [-0.1, -0.05) is 17.7 Å². The molecular formula is C15H15ClN4O. The molecule has 0 unspecified atom stereocenters. The minimum absolute atomic E-state index is 0.236. The molecule has 6 heteroatoms. The number of carbonyl (C=O) groups excluding carboxylic acids is 1. The third-order valence-electron chi connectivity index (χ3n) is 3.52. The molecule has 6 N–H and O–H groups in total. The number of amides is 1. The van der Waals surface area contributed by atoms with Gasteiger partial charge in [-0.3, -0.25) is 4.79 Å². The Balaban J connectivity index is 1.87. The molecule has 0 saturated carbocycles. The number of anilines is 3. The van der Waals surface area contributed by atoms with Crippen molar-refractivity contribution < 1.29 is 4.79 Å². The fraction of sp³-hybridized carbons (Fsp3) is 0.133. The highest BCUT2D eigenvalue weighted by molar-refractivity contribution is 6.31. The van der Waals surface area contributed by atoms with Crippen molar-refractivity contribution >= 4 is 34.6 Å². The first-order valence-electron chi connectivity index (χ1n) is 6.53. The van der Waals surface area contributed by atoms with Gasteiger partial charge in [0.05, 0.1) is 16.9 Å². The molecule has 0 saturated heterocycles. The van der Waals surface area contributed by atoms with E-state index in [4.69, 9.17) is 23.1 Å². The molecule has 1 aliphatic rings. The molecule has 0 atom stereocenters. The van der Waals surface area contributed by atoms with Crippen molar-refractivity contribution in [2.45, 2.75) is 13.1 Å². The lowest BCUT2D eigenvalue weighted by atomic mass is 10.1. The second-order valence-electron chi connectivity index (χ2n) is 5.00. The summed E-state index contributed by atoms with van der Waals surface area (Å²) in [6.07, 6.45) is 0. The predicted octanol–water partition coefficient (Wildman–Crippen LogP) is 2.36. The highest BCUT2D eigenvalue weighted by Crippen LogP contribution is 2.27. The Morgan fingerprint density at radius 2 is 1.90 bits per heavy atom. The van der Waals surface area contributed by atoms with Crippen LogP contribution >= 0.6 is 11.6 Å². The van der Waals surface area contributed by atoms with E-state index in [0.29, 0.717) is 10.7 Å². The number of fused-ring (bicyclic) bond motifs is 1. The molecule has 21 heavy (non-hydrogen) atoms. The summed E-state index contributed by atoms with van der Waals surface area (Å²) in [7, 11) is 0. The maximum atomic E-state index is 12.3. The summed E-state index contributed by atoms with van der Waals surface area (Å²) in [6, 6.07) is 8.86. The van der Waals surface area contributed by atoms with Gasteiger partial charge in [0.1, 0.15) is 0 Å². The summed E-state index contributed by atoms with van der Waals surface area (Å²) in [5, 5.41) is 6.46. The third-order valence-corrected chi connectivity index (χ3v) is 3.73. The Hall–Kier alpha value is -2.24. The topological polar surface area (TPSA) is 93.2 Å². The van der Waals surface area contributed by atoms with Crippen LogP contribution in [0.3, 0.4) is 0 Å². The highest BCUT2D eigenvalue weighted by atomic mass is 35.5. The highest BCUT2D eigenvalue weighted by Gasteiger charge is 2.15. The van der Waals surface area contributed by atoms with Crippen molar-refractivity contribution in [1.82, 2.24) is 5.32 Å². The number of nitrogen functional groups attached to an aromatic ring is 2. The van der Waals surface area contributed by atoms with Gasteiger partial charge in [-0.15, -0.1) is 0 Å². The van der Waals surface area contributed by atoms with Crippen molar-refractivity contribution in [1.29, 1.82) is 0 Å². The normalized spacial score (nSPS) is 13.0.